The van der Waals surface area contributed by atoms with E-state index in [1.807, 2.05) is 49.4 Å². The van der Waals surface area contributed by atoms with Crippen molar-refractivity contribution in [3.05, 3.63) is 83.7 Å². The van der Waals surface area contributed by atoms with Gasteiger partial charge in [-0.05, 0) is 54.4 Å². The third kappa shape index (κ3) is 3.32. The van der Waals surface area contributed by atoms with Crippen LogP contribution in [0.5, 0.6) is 0 Å². The number of oxazole rings is 1. The molecule has 2 heterocycles. The molecule has 5 heteroatoms. The number of carbonyl (C=O) groups is 1. The van der Waals surface area contributed by atoms with Crippen LogP contribution in [0.25, 0.3) is 22.6 Å². The third-order valence-corrected chi connectivity index (χ3v) is 4.12. The van der Waals surface area contributed by atoms with Crippen LogP contribution in [0.15, 0.2) is 71.4 Å². The van der Waals surface area contributed by atoms with E-state index in [1.54, 1.807) is 24.5 Å². The van der Waals surface area contributed by atoms with Gasteiger partial charge in [-0.15, -0.1) is 0 Å². The van der Waals surface area contributed by atoms with Crippen molar-refractivity contribution in [3.63, 3.8) is 0 Å². The largest absolute Gasteiger partial charge is 0.436 e. The van der Waals surface area contributed by atoms with Crippen LogP contribution in [0, 0.1) is 6.92 Å². The molecular weight excluding hydrogens is 326 g/mol. The average molecular weight is 343 g/mol. The highest BCUT2D eigenvalue weighted by molar-refractivity contribution is 5.93. The van der Waals surface area contributed by atoms with E-state index in [-0.39, 0.29) is 5.91 Å². The molecular formula is C21H17N3O2. The number of amides is 1. The lowest BCUT2D eigenvalue weighted by atomic mass is 10.1. The molecule has 1 amide bonds. The van der Waals surface area contributed by atoms with E-state index < -0.39 is 0 Å². The Morgan fingerprint density at radius 3 is 2.73 bits per heavy atom. The fourth-order valence-corrected chi connectivity index (χ4v) is 2.70. The Kier molecular flexibility index (Phi) is 4.19. The topological polar surface area (TPSA) is 68.0 Å². The smallest absolute Gasteiger partial charge is 0.253 e. The molecule has 0 fully saturated rings. The van der Waals surface area contributed by atoms with Gasteiger partial charge in [-0.1, -0.05) is 18.2 Å². The Morgan fingerprint density at radius 1 is 1.12 bits per heavy atom. The lowest BCUT2D eigenvalue weighted by Crippen LogP contribution is -2.22. The first-order valence-corrected chi connectivity index (χ1v) is 8.34. The molecule has 4 rings (SSSR count). The summed E-state index contributed by atoms with van der Waals surface area (Å²) in [6, 6.07) is 17.2. The number of benzene rings is 2. The van der Waals surface area contributed by atoms with Crippen molar-refractivity contribution in [3.8, 4) is 11.5 Å². The molecule has 26 heavy (non-hydrogen) atoms. The molecule has 0 radical (unpaired) electrons. The maximum atomic E-state index is 12.1. The number of hydrogen-bond donors (Lipinski definition) is 1. The zero-order valence-electron chi connectivity index (χ0n) is 14.3. The molecule has 0 saturated heterocycles. The number of aryl methyl sites for hydroxylation is 1. The number of rotatable bonds is 4. The summed E-state index contributed by atoms with van der Waals surface area (Å²) in [6.45, 7) is 2.47. The molecule has 5 nitrogen and oxygen atoms in total. The number of carbonyl (C=O) groups excluding carboxylic acids is 1. The van der Waals surface area contributed by atoms with Crippen molar-refractivity contribution >= 4 is 17.0 Å². The van der Waals surface area contributed by atoms with Crippen LogP contribution in [0.2, 0.25) is 0 Å². The lowest BCUT2D eigenvalue weighted by Gasteiger charge is -2.05. The predicted octanol–water partition coefficient (Wildman–Crippen LogP) is 4.13. The Balaban J connectivity index is 1.47. The average Bonchev–Trinajstić information content (AvgIpc) is 3.10. The van der Waals surface area contributed by atoms with Crippen LogP contribution in [0.4, 0.5) is 0 Å². The van der Waals surface area contributed by atoms with Crippen LogP contribution in [0.3, 0.4) is 0 Å². The SMILES string of the molecule is Cc1ccc2nc(-c3ccc(CNC(=O)c4cccnc4)cc3)oc2c1. The molecule has 0 aliphatic rings. The van der Waals surface area contributed by atoms with Crippen LogP contribution >= 0.6 is 0 Å². The summed E-state index contributed by atoms with van der Waals surface area (Å²) in [4.78, 5) is 20.5. The first-order chi connectivity index (χ1) is 12.7. The third-order valence-electron chi connectivity index (χ3n) is 4.12. The Bertz CT molecular complexity index is 1050. The quantitative estimate of drug-likeness (QED) is 0.605. The van der Waals surface area contributed by atoms with E-state index in [0.717, 1.165) is 27.8 Å². The van der Waals surface area contributed by atoms with Gasteiger partial charge in [0.1, 0.15) is 5.52 Å². The molecule has 0 aliphatic carbocycles. The van der Waals surface area contributed by atoms with Gasteiger partial charge >= 0.3 is 0 Å². The first-order valence-electron chi connectivity index (χ1n) is 8.34. The summed E-state index contributed by atoms with van der Waals surface area (Å²) < 4.78 is 5.84. The summed E-state index contributed by atoms with van der Waals surface area (Å²) in [5.74, 6) is 0.452. The molecule has 2 aromatic heterocycles. The van der Waals surface area contributed by atoms with Crippen molar-refractivity contribution in [1.82, 2.24) is 15.3 Å². The van der Waals surface area contributed by atoms with Gasteiger partial charge in [0.25, 0.3) is 5.91 Å². The van der Waals surface area contributed by atoms with Crippen LogP contribution in [-0.2, 0) is 6.54 Å². The van der Waals surface area contributed by atoms with Crippen LogP contribution < -0.4 is 5.32 Å². The molecule has 1 N–H and O–H groups in total. The fraction of sp³-hybridized carbons (Fsp3) is 0.0952. The summed E-state index contributed by atoms with van der Waals surface area (Å²) in [7, 11) is 0. The van der Waals surface area contributed by atoms with Gasteiger partial charge in [-0.25, -0.2) is 4.98 Å². The van der Waals surface area contributed by atoms with Crippen molar-refractivity contribution in [1.29, 1.82) is 0 Å². The predicted molar refractivity (Wildman–Crippen MR) is 99.6 cm³/mol. The molecule has 0 saturated carbocycles. The van der Waals surface area contributed by atoms with E-state index in [1.165, 1.54) is 0 Å². The lowest BCUT2D eigenvalue weighted by molar-refractivity contribution is 0.0950. The van der Waals surface area contributed by atoms with Gasteiger partial charge in [0.15, 0.2) is 5.58 Å². The van der Waals surface area contributed by atoms with Crippen molar-refractivity contribution in [2.24, 2.45) is 0 Å². The van der Waals surface area contributed by atoms with Crippen molar-refractivity contribution in [2.75, 3.05) is 0 Å². The molecule has 0 spiro atoms. The van der Waals surface area contributed by atoms with Crippen LogP contribution in [0.1, 0.15) is 21.5 Å². The molecule has 0 unspecified atom stereocenters. The second kappa shape index (κ2) is 6.80. The second-order valence-corrected chi connectivity index (χ2v) is 6.11. The minimum atomic E-state index is -0.142. The Labute approximate surface area is 150 Å². The molecule has 128 valence electrons. The monoisotopic (exact) mass is 343 g/mol. The highest BCUT2D eigenvalue weighted by Gasteiger charge is 2.09. The summed E-state index contributed by atoms with van der Waals surface area (Å²) in [5.41, 5.74) is 5.22. The van der Waals surface area contributed by atoms with Gasteiger partial charge in [0, 0.05) is 24.5 Å². The molecule has 4 aromatic rings. The van der Waals surface area contributed by atoms with Gasteiger partial charge in [-0.2, -0.15) is 0 Å². The maximum absolute atomic E-state index is 12.1. The van der Waals surface area contributed by atoms with Crippen molar-refractivity contribution in [2.45, 2.75) is 13.5 Å². The standard InChI is InChI=1S/C21H17N3O2/c1-14-4-9-18-19(11-14)26-21(24-18)16-7-5-15(6-8-16)12-23-20(25)17-3-2-10-22-13-17/h2-11,13H,12H2,1H3,(H,23,25). The number of nitrogens with one attached hydrogen (secondary N) is 1. The van der Waals surface area contributed by atoms with Gasteiger partial charge in [0.05, 0.1) is 5.56 Å². The maximum Gasteiger partial charge on any atom is 0.253 e. The number of nitrogens with zero attached hydrogens (tertiary/aromatic N) is 2. The zero-order chi connectivity index (χ0) is 17.9. The highest BCUT2D eigenvalue weighted by Crippen LogP contribution is 2.25. The Morgan fingerprint density at radius 2 is 1.96 bits per heavy atom. The van der Waals surface area contributed by atoms with Gasteiger partial charge in [0.2, 0.25) is 5.89 Å². The molecule has 0 atom stereocenters. The van der Waals surface area contributed by atoms with Gasteiger partial charge in [-0.3, -0.25) is 9.78 Å². The summed E-state index contributed by atoms with van der Waals surface area (Å²) in [5, 5.41) is 2.88. The minimum Gasteiger partial charge on any atom is -0.436 e. The van der Waals surface area contributed by atoms with E-state index in [2.05, 4.69) is 15.3 Å². The van der Waals surface area contributed by atoms with Crippen molar-refractivity contribution < 1.29 is 9.21 Å². The molecule has 2 aromatic carbocycles. The number of aromatic nitrogens is 2. The molecule has 0 aliphatic heterocycles. The number of hydrogen-bond acceptors (Lipinski definition) is 4. The molecule has 0 bridgehead atoms. The normalized spacial score (nSPS) is 10.8. The second-order valence-electron chi connectivity index (χ2n) is 6.11. The number of pyridine rings is 1. The van der Waals surface area contributed by atoms with Gasteiger partial charge < -0.3 is 9.73 Å². The minimum absolute atomic E-state index is 0.142. The van der Waals surface area contributed by atoms with E-state index in [9.17, 15) is 4.79 Å². The summed E-state index contributed by atoms with van der Waals surface area (Å²) in [6.07, 6.45) is 3.19. The fourth-order valence-electron chi connectivity index (χ4n) is 2.70. The number of fused-ring (bicyclic) bond motifs is 1. The zero-order valence-corrected chi connectivity index (χ0v) is 14.3. The summed E-state index contributed by atoms with van der Waals surface area (Å²) >= 11 is 0. The highest BCUT2D eigenvalue weighted by atomic mass is 16.3. The van der Waals surface area contributed by atoms with Crippen LogP contribution in [-0.4, -0.2) is 15.9 Å². The first kappa shape index (κ1) is 16.0. The van der Waals surface area contributed by atoms with E-state index >= 15 is 0 Å². The van der Waals surface area contributed by atoms with E-state index in [0.29, 0.717) is 18.0 Å². The Hall–Kier alpha value is -3.47. The van der Waals surface area contributed by atoms with E-state index in [4.69, 9.17) is 4.42 Å².